The molecule has 0 saturated carbocycles. The van der Waals surface area contributed by atoms with Gasteiger partial charge in [0.05, 0.1) is 4.90 Å². The first-order chi connectivity index (χ1) is 8.36. The van der Waals surface area contributed by atoms with Crippen molar-refractivity contribution in [3.8, 4) is 0 Å². The van der Waals surface area contributed by atoms with Gasteiger partial charge in [0.2, 0.25) is 0 Å². The van der Waals surface area contributed by atoms with E-state index < -0.39 is 10.0 Å². The van der Waals surface area contributed by atoms with Gasteiger partial charge in [0.1, 0.15) is 0 Å². The maximum atomic E-state index is 12.1. The number of sulfonamides is 1. The van der Waals surface area contributed by atoms with Crippen LogP contribution in [0.3, 0.4) is 0 Å². The van der Waals surface area contributed by atoms with Gasteiger partial charge in [0.15, 0.2) is 0 Å². The number of hydrogen-bond acceptors (Lipinski definition) is 4. The van der Waals surface area contributed by atoms with Crippen molar-refractivity contribution in [2.75, 3.05) is 20.6 Å². The van der Waals surface area contributed by atoms with Gasteiger partial charge in [-0.1, -0.05) is 13.0 Å². The van der Waals surface area contributed by atoms with Gasteiger partial charge in [-0.15, -0.1) is 4.83 Å². The summed E-state index contributed by atoms with van der Waals surface area (Å²) >= 11 is 3.27. The van der Waals surface area contributed by atoms with Crippen LogP contribution in [0.25, 0.3) is 0 Å². The molecule has 7 heteroatoms. The van der Waals surface area contributed by atoms with Crippen molar-refractivity contribution >= 4 is 26.0 Å². The number of hydrogen-bond donors (Lipinski definition) is 2. The first-order valence-electron chi connectivity index (χ1n) is 5.55. The van der Waals surface area contributed by atoms with Crippen molar-refractivity contribution in [2.24, 2.45) is 0 Å². The largest absolute Gasteiger partial charge is 0.313 e. The third kappa shape index (κ3) is 4.33. The fourth-order valence-corrected chi connectivity index (χ4v) is 3.52. The summed E-state index contributed by atoms with van der Waals surface area (Å²) in [4.78, 5) is 2.66. The lowest BCUT2D eigenvalue weighted by Crippen LogP contribution is -2.36. The molecule has 0 saturated heterocycles. The van der Waals surface area contributed by atoms with Crippen LogP contribution in [0.1, 0.15) is 12.5 Å². The molecule has 18 heavy (non-hydrogen) atoms. The first-order valence-corrected chi connectivity index (χ1v) is 7.83. The second kappa shape index (κ2) is 6.63. The molecule has 102 valence electrons. The molecule has 0 unspecified atom stereocenters. The average Bonchev–Trinajstić information content (AvgIpc) is 2.26. The number of nitrogens with zero attached hydrogens (tertiary/aromatic N) is 1. The molecule has 0 bridgehead atoms. The van der Waals surface area contributed by atoms with Crippen LogP contribution in [0.2, 0.25) is 0 Å². The third-order valence-electron chi connectivity index (χ3n) is 2.17. The van der Waals surface area contributed by atoms with E-state index in [0.717, 1.165) is 12.1 Å². The predicted octanol–water partition coefficient (Wildman–Crippen LogP) is 1.31. The van der Waals surface area contributed by atoms with Gasteiger partial charge in [-0.05, 0) is 40.2 Å². The molecule has 0 spiro atoms. The molecule has 0 aliphatic heterocycles. The summed E-state index contributed by atoms with van der Waals surface area (Å²) in [5, 5.41) is 4.56. The number of rotatable bonds is 6. The van der Waals surface area contributed by atoms with E-state index in [9.17, 15) is 8.42 Å². The van der Waals surface area contributed by atoms with Crippen LogP contribution in [-0.2, 0) is 16.6 Å². The summed E-state index contributed by atoms with van der Waals surface area (Å²) in [6.45, 7) is 3.49. The molecule has 1 rings (SSSR count). The van der Waals surface area contributed by atoms with Gasteiger partial charge in [-0.2, -0.15) is 0 Å². The minimum Gasteiger partial charge on any atom is -0.313 e. The van der Waals surface area contributed by atoms with Crippen LogP contribution in [0.5, 0.6) is 0 Å². The zero-order valence-corrected chi connectivity index (χ0v) is 13.1. The van der Waals surface area contributed by atoms with Crippen molar-refractivity contribution in [2.45, 2.75) is 18.4 Å². The second-order valence-electron chi connectivity index (χ2n) is 4.03. The number of hydrazine groups is 1. The molecule has 0 aliphatic rings. The molecule has 5 nitrogen and oxygen atoms in total. The summed E-state index contributed by atoms with van der Waals surface area (Å²) in [5.41, 5.74) is 0.930. The van der Waals surface area contributed by atoms with Crippen LogP contribution < -0.4 is 10.1 Å². The van der Waals surface area contributed by atoms with Gasteiger partial charge in [0.25, 0.3) is 10.0 Å². The predicted molar refractivity (Wildman–Crippen MR) is 75.5 cm³/mol. The van der Waals surface area contributed by atoms with E-state index >= 15 is 0 Å². The Morgan fingerprint density at radius 1 is 1.33 bits per heavy atom. The van der Waals surface area contributed by atoms with Crippen LogP contribution >= 0.6 is 15.9 Å². The first kappa shape index (κ1) is 15.6. The van der Waals surface area contributed by atoms with E-state index in [1.54, 1.807) is 26.2 Å². The summed E-state index contributed by atoms with van der Waals surface area (Å²) in [5.74, 6) is 0. The lowest BCUT2D eigenvalue weighted by molar-refractivity contribution is 0.364. The van der Waals surface area contributed by atoms with E-state index in [1.165, 1.54) is 5.01 Å². The molecule has 1 aromatic carbocycles. The van der Waals surface area contributed by atoms with E-state index in [0.29, 0.717) is 11.0 Å². The number of nitrogens with one attached hydrogen (secondary N) is 2. The quantitative estimate of drug-likeness (QED) is 0.769. The Labute approximate surface area is 117 Å². The Hall–Kier alpha value is -0.470. The Morgan fingerprint density at radius 3 is 2.56 bits per heavy atom. The standard InChI is InChI=1S/C11H18BrN3O2S/c1-4-13-8-9-5-6-10(12)11(7-9)18(16,17)14-15(2)3/h5-7,13-14H,4,8H2,1-3H3. The fraction of sp³-hybridized carbons (Fsp3) is 0.455. The van der Waals surface area contributed by atoms with Crippen molar-refractivity contribution in [1.82, 2.24) is 15.2 Å². The van der Waals surface area contributed by atoms with E-state index in [4.69, 9.17) is 0 Å². The van der Waals surface area contributed by atoms with E-state index in [1.807, 2.05) is 13.0 Å². The van der Waals surface area contributed by atoms with Gasteiger partial charge in [-0.25, -0.2) is 13.4 Å². The van der Waals surface area contributed by atoms with Crippen molar-refractivity contribution in [3.63, 3.8) is 0 Å². The Balaban J connectivity index is 3.07. The normalized spacial score (nSPS) is 12.1. The average molecular weight is 336 g/mol. The third-order valence-corrected chi connectivity index (χ3v) is 4.64. The van der Waals surface area contributed by atoms with Crippen molar-refractivity contribution in [3.05, 3.63) is 28.2 Å². The SMILES string of the molecule is CCNCc1ccc(Br)c(S(=O)(=O)NN(C)C)c1. The minimum absolute atomic E-state index is 0.242. The van der Waals surface area contributed by atoms with Gasteiger partial charge < -0.3 is 5.32 Å². The molecule has 2 N–H and O–H groups in total. The van der Waals surface area contributed by atoms with Crippen LogP contribution in [0, 0.1) is 0 Å². The zero-order chi connectivity index (χ0) is 13.8. The van der Waals surface area contributed by atoms with Gasteiger partial charge >= 0.3 is 0 Å². The summed E-state index contributed by atoms with van der Waals surface area (Å²) in [7, 11) is -0.271. The molecule has 0 atom stereocenters. The monoisotopic (exact) mass is 335 g/mol. The molecule has 1 aromatic rings. The Kier molecular flexibility index (Phi) is 5.74. The molecular weight excluding hydrogens is 318 g/mol. The van der Waals surface area contributed by atoms with Crippen molar-refractivity contribution < 1.29 is 8.42 Å². The highest BCUT2D eigenvalue weighted by molar-refractivity contribution is 9.10. The zero-order valence-electron chi connectivity index (χ0n) is 10.7. The van der Waals surface area contributed by atoms with Crippen LogP contribution in [0.4, 0.5) is 0 Å². The van der Waals surface area contributed by atoms with Gasteiger partial charge in [0, 0.05) is 25.1 Å². The summed E-state index contributed by atoms with van der Waals surface area (Å²) < 4.78 is 24.7. The highest BCUT2D eigenvalue weighted by Gasteiger charge is 2.18. The van der Waals surface area contributed by atoms with Gasteiger partial charge in [-0.3, -0.25) is 0 Å². The maximum absolute atomic E-state index is 12.1. The van der Waals surface area contributed by atoms with E-state index in [-0.39, 0.29) is 4.90 Å². The van der Waals surface area contributed by atoms with Crippen LogP contribution in [-0.4, -0.2) is 34.1 Å². The molecule has 0 heterocycles. The summed E-state index contributed by atoms with van der Waals surface area (Å²) in [6.07, 6.45) is 0. The lowest BCUT2D eigenvalue weighted by Gasteiger charge is -2.14. The highest BCUT2D eigenvalue weighted by atomic mass is 79.9. The lowest BCUT2D eigenvalue weighted by atomic mass is 10.2. The van der Waals surface area contributed by atoms with E-state index in [2.05, 4.69) is 26.1 Å². The van der Waals surface area contributed by atoms with Crippen LogP contribution in [0.15, 0.2) is 27.6 Å². The molecule has 0 aliphatic carbocycles. The Bertz CT molecular complexity index is 503. The molecular formula is C11H18BrN3O2S. The topological polar surface area (TPSA) is 61.4 Å². The number of halogens is 1. The second-order valence-corrected chi connectivity index (χ2v) is 6.52. The number of benzene rings is 1. The molecule has 0 amide bonds. The molecule has 0 fully saturated rings. The molecule has 0 aromatic heterocycles. The Morgan fingerprint density at radius 2 is 2.00 bits per heavy atom. The van der Waals surface area contributed by atoms with Crippen molar-refractivity contribution in [1.29, 1.82) is 0 Å². The highest BCUT2D eigenvalue weighted by Crippen LogP contribution is 2.23. The maximum Gasteiger partial charge on any atom is 0.254 e. The minimum atomic E-state index is -3.54. The summed E-state index contributed by atoms with van der Waals surface area (Å²) in [6, 6.07) is 5.30. The molecule has 0 radical (unpaired) electrons. The fourth-order valence-electron chi connectivity index (χ4n) is 1.42. The smallest absolute Gasteiger partial charge is 0.254 e.